The molecule has 0 heterocycles. The second-order valence-electron chi connectivity index (χ2n) is 5.85. The van der Waals surface area contributed by atoms with Gasteiger partial charge in [-0.15, -0.1) is 0 Å². The zero-order chi connectivity index (χ0) is 20.0. The van der Waals surface area contributed by atoms with Gasteiger partial charge in [0.2, 0.25) is 11.8 Å². The number of anilines is 1. The van der Waals surface area contributed by atoms with Crippen molar-refractivity contribution in [3.8, 4) is 0 Å². The highest BCUT2D eigenvalue weighted by Crippen LogP contribution is 2.36. The summed E-state index contributed by atoms with van der Waals surface area (Å²) in [6.45, 7) is 0.885. The molecular formula is C19H18ClF3N2O2. The van der Waals surface area contributed by atoms with Gasteiger partial charge in [-0.2, -0.15) is 13.2 Å². The highest BCUT2D eigenvalue weighted by molar-refractivity contribution is 6.30. The maximum atomic E-state index is 13.2. The predicted octanol–water partition coefficient (Wildman–Crippen LogP) is 4.07. The molecule has 0 saturated heterocycles. The summed E-state index contributed by atoms with van der Waals surface area (Å²) in [6, 6.07) is 11.8. The lowest BCUT2D eigenvalue weighted by molar-refractivity contribution is -0.137. The van der Waals surface area contributed by atoms with Crippen molar-refractivity contribution in [2.24, 2.45) is 0 Å². The summed E-state index contributed by atoms with van der Waals surface area (Å²) in [7, 11) is 0. The van der Waals surface area contributed by atoms with Crippen molar-refractivity contribution < 1.29 is 22.8 Å². The first-order valence-corrected chi connectivity index (χ1v) is 8.51. The zero-order valence-corrected chi connectivity index (χ0v) is 15.3. The molecule has 0 aliphatic carbocycles. The monoisotopic (exact) mass is 398 g/mol. The van der Waals surface area contributed by atoms with Crippen molar-refractivity contribution in [1.82, 2.24) is 5.32 Å². The van der Waals surface area contributed by atoms with Crippen LogP contribution in [0.1, 0.15) is 18.1 Å². The molecule has 2 aromatic carbocycles. The summed E-state index contributed by atoms with van der Waals surface area (Å²) < 4.78 is 39.5. The van der Waals surface area contributed by atoms with Gasteiger partial charge in [0.15, 0.2) is 0 Å². The molecule has 0 aliphatic heterocycles. The normalized spacial score (nSPS) is 11.1. The first kappa shape index (κ1) is 20.8. The summed E-state index contributed by atoms with van der Waals surface area (Å²) in [5.41, 5.74) is -0.400. The van der Waals surface area contributed by atoms with Gasteiger partial charge in [-0.25, -0.2) is 0 Å². The number of nitrogens with zero attached hydrogens (tertiary/aromatic N) is 1. The Morgan fingerprint density at radius 1 is 1.11 bits per heavy atom. The van der Waals surface area contributed by atoms with Gasteiger partial charge in [-0.05, 0) is 36.2 Å². The molecule has 27 heavy (non-hydrogen) atoms. The summed E-state index contributed by atoms with van der Waals surface area (Å²) in [5, 5.41) is 3.18. The summed E-state index contributed by atoms with van der Waals surface area (Å²) >= 11 is 5.89. The molecule has 0 spiro atoms. The fourth-order valence-electron chi connectivity index (χ4n) is 2.55. The molecule has 2 rings (SSSR count). The number of para-hydroxylation sites is 1. The number of carbonyl (C=O) groups is 2. The Hall–Kier alpha value is -2.54. The highest BCUT2D eigenvalue weighted by Gasteiger charge is 2.35. The SMILES string of the molecule is CC(=O)N(CC(=O)NCCc1cccc(Cl)c1)c1ccccc1C(F)(F)F. The molecule has 1 N–H and O–H groups in total. The Morgan fingerprint density at radius 3 is 2.44 bits per heavy atom. The van der Waals surface area contributed by atoms with E-state index in [0.29, 0.717) is 11.4 Å². The molecule has 2 aromatic rings. The van der Waals surface area contributed by atoms with Gasteiger partial charge in [0.05, 0.1) is 11.3 Å². The van der Waals surface area contributed by atoms with Crippen LogP contribution in [-0.4, -0.2) is 24.9 Å². The van der Waals surface area contributed by atoms with Crippen LogP contribution < -0.4 is 10.2 Å². The van der Waals surface area contributed by atoms with E-state index >= 15 is 0 Å². The van der Waals surface area contributed by atoms with Crippen LogP contribution in [0.3, 0.4) is 0 Å². The van der Waals surface area contributed by atoms with Gasteiger partial charge in [0.1, 0.15) is 6.54 Å². The smallest absolute Gasteiger partial charge is 0.354 e. The van der Waals surface area contributed by atoms with E-state index in [2.05, 4.69) is 5.32 Å². The van der Waals surface area contributed by atoms with Gasteiger partial charge in [0.25, 0.3) is 0 Å². The van der Waals surface area contributed by atoms with Gasteiger partial charge in [-0.1, -0.05) is 35.9 Å². The summed E-state index contributed by atoms with van der Waals surface area (Å²) in [5.74, 6) is -1.21. The molecule has 8 heteroatoms. The molecule has 144 valence electrons. The fraction of sp³-hybridized carbons (Fsp3) is 0.263. The van der Waals surface area contributed by atoms with Crippen LogP contribution in [-0.2, 0) is 22.2 Å². The van der Waals surface area contributed by atoms with Crippen LogP contribution in [0.25, 0.3) is 0 Å². The standard InChI is InChI=1S/C19H18ClF3N2O2/c1-13(26)25(17-8-3-2-7-16(17)19(21,22)23)12-18(27)24-10-9-14-5-4-6-15(20)11-14/h2-8,11H,9-10,12H2,1H3,(H,24,27). The van der Waals surface area contributed by atoms with Gasteiger partial charge in [0, 0.05) is 18.5 Å². The van der Waals surface area contributed by atoms with Crippen LogP contribution >= 0.6 is 11.6 Å². The Bertz CT molecular complexity index is 825. The van der Waals surface area contributed by atoms with E-state index in [-0.39, 0.29) is 12.2 Å². The minimum Gasteiger partial charge on any atom is -0.354 e. The van der Waals surface area contributed by atoms with Crippen LogP contribution in [0.2, 0.25) is 5.02 Å². The Balaban J connectivity index is 2.04. The second-order valence-corrected chi connectivity index (χ2v) is 6.29. The quantitative estimate of drug-likeness (QED) is 0.797. The van der Waals surface area contributed by atoms with E-state index in [1.165, 1.54) is 18.2 Å². The molecule has 2 amide bonds. The number of amides is 2. The lowest BCUT2D eigenvalue weighted by Crippen LogP contribution is -2.41. The van der Waals surface area contributed by atoms with Gasteiger partial charge in [-0.3, -0.25) is 9.59 Å². The van der Waals surface area contributed by atoms with E-state index < -0.39 is 30.1 Å². The van der Waals surface area contributed by atoms with E-state index in [0.717, 1.165) is 23.5 Å². The van der Waals surface area contributed by atoms with Crippen LogP contribution in [0, 0.1) is 0 Å². The van der Waals surface area contributed by atoms with Gasteiger partial charge >= 0.3 is 6.18 Å². The lowest BCUT2D eigenvalue weighted by Gasteiger charge is -2.24. The van der Waals surface area contributed by atoms with E-state index in [1.807, 2.05) is 6.07 Å². The number of nitrogens with one attached hydrogen (secondary N) is 1. The molecule has 0 atom stereocenters. The zero-order valence-electron chi connectivity index (χ0n) is 14.5. The fourth-order valence-corrected chi connectivity index (χ4v) is 2.77. The number of carbonyl (C=O) groups excluding carboxylic acids is 2. The van der Waals surface area contributed by atoms with Crippen LogP contribution in [0.4, 0.5) is 18.9 Å². The Kier molecular flexibility index (Phi) is 6.85. The van der Waals surface area contributed by atoms with Crippen molar-refractivity contribution in [2.75, 3.05) is 18.0 Å². The topological polar surface area (TPSA) is 49.4 Å². The Labute approximate surface area is 159 Å². The molecule has 4 nitrogen and oxygen atoms in total. The first-order valence-electron chi connectivity index (χ1n) is 8.14. The van der Waals surface area contributed by atoms with Crippen molar-refractivity contribution in [1.29, 1.82) is 0 Å². The largest absolute Gasteiger partial charge is 0.418 e. The minimum absolute atomic E-state index is 0.270. The van der Waals surface area contributed by atoms with Crippen molar-refractivity contribution >= 4 is 29.1 Å². The van der Waals surface area contributed by atoms with E-state index in [4.69, 9.17) is 11.6 Å². The molecule has 0 fully saturated rings. The molecule has 0 aromatic heterocycles. The summed E-state index contributed by atoms with van der Waals surface area (Å²) in [4.78, 5) is 24.8. The number of rotatable bonds is 6. The molecule has 0 bridgehead atoms. The third-order valence-corrected chi connectivity index (χ3v) is 4.04. The first-order chi connectivity index (χ1) is 12.7. The minimum atomic E-state index is -4.63. The van der Waals surface area contributed by atoms with E-state index in [1.54, 1.807) is 18.2 Å². The lowest BCUT2D eigenvalue weighted by atomic mass is 10.1. The average molecular weight is 399 g/mol. The van der Waals surface area contributed by atoms with Crippen LogP contribution in [0.15, 0.2) is 48.5 Å². The van der Waals surface area contributed by atoms with E-state index in [9.17, 15) is 22.8 Å². The molecule has 0 aliphatic rings. The average Bonchev–Trinajstić information content (AvgIpc) is 2.59. The molecule has 0 unspecified atom stereocenters. The number of alkyl halides is 3. The maximum Gasteiger partial charge on any atom is 0.418 e. The maximum absolute atomic E-state index is 13.2. The molecule has 0 saturated carbocycles. The third kappa shape index (κ3) is 5.99. The number of benzene rings is 2. The summed E-state index contributed by atoms with van der Waals surface area (Å²) in [6.07, 6.45) is -4.13. The predicted molar refractivity (Wildman–Crippen MR) is 97.6 cm³/mol. The van der Waals surface area contributed by atoms with Gasteiger partial charge < -0.3 is 10.2 Å². The third-order valence-electron chi connectivity index (χ3n) is 3.81. The highest BCUT2D eigenvalue weighted by atomic mass is 35.5. The number of hydrogen-bond acceptors (Lipinski definition) is 2. The molecular weight excluding hydrogens is 381 g/mol. The Morgan fingerprint density at radius 2 is 1.81 bits per heavy atom. The van der Waals surface area contributed by atoms with Crippen molar-refractivity contribution in [2.45, 2.75) is 19.5 Å². The van der Waals surface area contributed by atoms with Crippen molar-refractivity contribution in [3.05, 3.63) is 64.7 Å². The second kappa shape index (κ2) is 8.90. The molecule has 0 radical (unpaired) electrons. The van der Waals surface area contributed by atoms with Crippen LogP contribution in [0.5, 0.6) is 0 Å². The number of halogens is 4. The number of hydrogen-bond donors (Lipinski definition) is 1. The van der Waals surface area contributed by atoms with Crippen molar-refractivity contribution in [3.63, 3.8) is 0 Å².